The molecule has 1 heterocycles. The number of ketones is 1. The van der Waals surface area contributed by atoms with Gasteiger partial charge in [0.15, 0.2) is 11.0 Å². The van der Waals surface area contributed by atoms with Crippen LogP contribution in [-0.4, -0.2) is 29.3 Å². The van der Waals surface area contributed by atoms with E-state index in [9.17, 15) is 18.4 Å². The molecule has 0 saturated carbocycles. The molecule has 0 aliphatic carbocycles. The highest BCUT2D eigenvalue weighted by molar-refractivity contribution is 8.14. The average molecular weight is 430 g/mol. The van der Waals surface area contributed by atoms with Gasteiger partial charge in [0.2, 0.25) is 0 Å². The monoisotopic (exact) mass is 430 g/mol. The van der Waals surface area contributed by atoms with Gasteiger partial charge in [0.05, 0.1) is 23.5 Å². The first kappa shape index (κ1) is 21.7. The Morgan fingerprint density at radius 3 is 2.57 bits per heavy atom. The number of nitrogens with zero attached hydrogens (tertiary/aromatic N) is 1. The molecule has 1 unspecified atom stereocenters. The Morgan fingerprint density at radius 2 is 1.90 bits per heavy atom. The Balaban J connectivity index is 1.82. The maximum absolute atomic E-state index is 13.8. The molecule has 0 radical (unpaired) electrons. The highest BCUT2D eigenvalue weighted by Gasteiger charge is 2.30. The van der Waals surface area contributed by atoms with Crippen molar-refractivity contribution in [3.05, 3.63) is 82.6 Å². The number of Topliss-reactive ketones (excluding diaryl/α,β-unsaturated/α-hetero) is 1. The lowest BCUT2D eigenvalue weighted by Gasteiger charge is -2.25. The molecule has 1 aliphatic heterocycles. The van der Waals surface area contributed by atoms with Crippen molar-refractivity contribution in [2.75, 3.05) is 12.4 Å². The molecule has 1 N–H and O–H groups in total. The Morgan fingerprint density at radius 1 is 1.17 bits per heavy atom. The first-order valence-electron chi connectivity index (χ1n) is 9.29. The van der Waals surface area contributed by atoms with Crippen molar-refractivity contribution < 1.29 is 23.1 Å². The molecule has 2 aromatic rings. The van der Waals surface area contributed by atoms with Gasteiger partial charge in [-0.2, -0.15) is 0 Å². The third-order valence-corrected chi connectivity index (χ3v) is 5.29. The minimum absolute atomic E-state index is 0.0993. The third kappa shape index (κ3) is 4.94. The molecule has 8 heteroatoms. The van der Waals surface area contributed by atoms with Crippen LogP contribution in [0.1, 0.15) is 35.8 Å². The van der Waals surface area contributed by atoms with E-state index in [-0.39, 0.29) is 17.9 Å². The lowest BCUT2D eigenvalue weighted by atomic mass is 9.97. The van der Waals surface area contributed by atoms with E-state index in [2.05, 4.69) is 10.3 Å². The topological polar surface area (TPSA) is 67.8 Å². The van der Waals surface area contributed by atoms with E-state index >= 15 is 0 Å². The number of amidine groups is 1. The fraction of sp³-hybridized carbons (Fsp3) is 0.227. The largest absolute Gasteiger partial charge is 0.463 e. The zero-order valence-corrected chi connectivity index (χ0v) is 17.3. The molecular formula is C22H20F2N2O3S. The summed E-state index contributed by atoms with van der Waals surface area (Å²) in [6.45, 7) is 3.70. The normalized spacial score (nSPS) is 16.0. The summed E-state index contributed by atoms with van der Waals surface area (Å²) < 4.78 is 32.1. The number of carbonyl (C=O) groups is 2. The number of allylic oxidation sites excluding steroid dienone is 1. The number of benzene rings is 2. The molecular weight excluding hydrogens is 410 g/mol. The van der Waals surface area contributed by atoms with Gasteiger partial charge < -0.3 is 10.1 Å². The second-order valence-electron chi connectivity index (χ2n) is 6.47. The van der Waals surface area contributed by atoms with Gasteiger partial charge in [-0.15, -0.1) is 0 Å². The number of halogens is 2. The number of rotatable bonds is 6. The van der Waals surface area contributed by atoms with Gasteiger partial charge in [0.25, 0.3) is 0 Å². The number of hydrogen-bond acceptors (Lipinski definition) is 6. The minimum atomic E-state index is -0.901. The maximum Gasteiger partial charge on any atom is 0.338 e. The van der Waals surface area contributed by atoms with E-state index < -0.39 is 29.4 Å². The van der Waals surface area contributed by atoms with Crippen molar-refractivity contribution in [1.82, 2.24) is 5.32 Å². The average Bonchev–Trinajstić information content (AvgIpc) is 2.72. The Labute approximate surface area is 177 Å². The van der Waals surface area contributed by atoms with Crippen molar-refractivity contribution in [1.29, 1.82) is 0 Å². The molecule has 3 rings (SSSR count). The maximum atomic E-state index is 13.8. The quantitative estimate of drug-likeness (QED) is 0.543. The first-order chi connectivity index (χ1) is 14.4. The zero-order valence-electron chi connectivity index (χ0n) is 16.4. The molecule has 1 aliphatic rings. The summed E-state index contributed by atoms with van der Waals surface area (Å²) in [5.74, 6) is -2.70. The SMILES string of the molecule is CCOC(=O)C1=C(C)NC(SCC(=O)c2ccc(F)cc2F)=NC1c1ccccc1. The summed E-state index contributed by atoms with van der Waals surface area (Å²) in [5.41, 5.74) is 1.58. The van der Waals surface area contributed by atoms with Gasteiger partial charge in [0, 0.05) is 11.8 Å². The van der Waals surface area contributed by atoms with Crippen molar-refractivity contribution in [2.45, 2.75) is 19.9 Å². The van der Waals surface area contributed by atoms with Crippen LogP contribution in [0.5, 0.6) is 0 Å². The Kier molecular flexibility index (Phi) is 6.99. The summed E-state index contributed by atoms with van der Waals surface area (Å²) in [7, 11) is 0. The zero-order chi connectivity index (χ0) is 21.7. The molecule has 0 fully saturated rings. The number of nitrogens with one attached hydrogen (secondary N) is 1. The van der Waals surface area contributed by atoms with Crippen molar-refractivity contribution >= 4 is 28.7 Å². The molecule has 156 valence electrons. The Bertz CT molecular complexity index is 1020. The highest BCUT2D eigenvalue weighted by Crippen LogP contribution is 2.33. The summed E-state index contributed by atoms with van der Waals surface area (Å²) in [6, 6.07) is 11.5. The third-order valence-electron chi connectivity index (χ3n) is 4.40. The van der Waals surface area contributed by atoms with E-state index in [1.807, 2.05) is 30.3 Å². The second kappa shape index (κ2) is 9.67. The highest BCUT2D eigenvalue weighted by atomic mass is 32.2. The van der Waals surface area contributed by atoms with Crippen molar-refractivity contribution in [3.8, 4) is 0 Å². The van der Waals surface area contributed by atoms with Crippen LogP contribution in [0, 0.1) is 11.6 Å². The molecule has 0 amide bonds. The van der Waals surface area contributed by atoms with E-state index in [0.717, 1.165) is 29.5 Å². The number of ether oxygens (including phenoxy) is 1. The lowest BCUT2D eigenvalue weighted by Crippen LogP contribution is -2.31. The summed E-state index contributed by atoms with van der Waals surface area (Å²) in [4.78, 5) is 29.4. The molecule has 0 spiro atoms. The smallest absolute Gasteiger partial charge is 0.338 e. The van der Waals surface area contributed by atoms with Crippen LogP contribution >= 0.6 is 11.8 Å². The van der Waals surface area contributed by atoms with Crippen LogP contribution in [0.4, 0.5) is 8.78 Å². The van der Waals surface area contributed by atoms with Gasteiger partial charge in [0.1, 0.15) is 17.7 Å². The number of carbonyl (C=O) groups excluding carboxylic acids is 2. The molecule has 0 aromatic heterocycles. The predicted molar refractivity (Wildman–Crippen MR) is 112 cm³/mol. The van der Waals surface area contributed by atoms with Crippen LogP contribution in [0.25, 0.3) is 0 Å². The minimum Gasteiger partial charge on any atom is -0.463 e. The van der Waals surface area contributed by atoms with Gasteiger partial charge in [-0.3, -0.25) is 4.79 Å². The Hall–Kier alpha value is -3.00. The number of esters is 1. The van der Waals surface area contributed by atoms with Gasteiger partial charge in [-0.25, -0.2) is 18.6 Å². The fourth-order valence-electron chi connectivity index (χ4n) is 3.00. The van der Waals surface area contributed by atoms with Gasteiger partial charge in [-0.05, 0) is 31.5 Å². The van der Waals surface area contributed by atoms with E-state index in [1.54, 1.807) is 13.8 Å². The molecule has 0 bridgehead atoms. The summed E-state index contributed by atoms with van der Waals surface area (Å²) in [5, 5.41) is 3.44. The van der Waals surface area contributed by atoms with Crippen molar-refractivity contribution in [2.24, 2.45) is 4.99 Å². The van der Waals surface area contributed by atoms with E-state index in [4.69, 9.17) is 4.74 Å². The number of thioether (sulfide) groups is 1. The lowest BCUT2D eigenvalue weighted by molar-refractivity contribution is -0.138. The first-order valence-corrected chi connectivity index (χ1v) is 10.3. The summed E-state index contributed by atoms with van der Waals surface area (Å²) in [6.07, 6.45) is 0. The molecule has 30 heavy (non-hydrogen) atoms. The van der Waals surface area contributed by atoms with E-state index in [0.29, 0.717) is 22.5 Å². The van der Waals surface area contributed by atoms with Gasteiger partial charge in [-0.1, -0.05) is 42.1 Å². The molecule has 1 atom stereocenters. The van der Waals surface area contributed by atoms with Crippen LogP contribution < -0.4 is 5.32 Å². The number of hydrogen-bond donors (Lipinski definition) is 1. The van der Waals surface area contributed by atoms with Crippen LogP contribution in [0.3, 0.4) is 0 Å². The van der Waals surface area contributed by atoms with Crippen LogP contribution in [0.2, 0.25) is 0 Å². The molecule has 0 saturated heterocycles. The molecule has 5 nitrogen and oxygen atoms in total. The van der Waals surface area contributed by atoms with Crippen LogP contribution in [0.15, 0.2) is 64.8 Å². The second-order valence-corrected chi connectivity index (χ2v) is 7.43. The standard InChI is InChI=1S/C22H20F2N2O3S/c1-3-29-21(28)19-13(2)25-22(26-20(19)14-7-5-4-6-8-14)30-12-18(27)16-10-9-15(23)11-17(16)24/h4-11,20H,3,12H2,1-2H3,(H,25,26). The van der Waals surface area contributed by atoms with Crippen molar-refractivity contribution in [3.63, 3.8) is 0 Å². The molecule has 2 aromatic carbocycles. The fourth-order valence-corrected chi connectivity index (χ4v) is 3.83. The number of aliphatic imine (C=N–C) groups is 1. The van der Waals surface area contributed by atoms with Crippen LogP contribution in [-0.2, 0) is 9.53 Å². The summed E-state index contributed by atoms with van der Waals surface area (Å²) >= 11 is 1.09. The van der Waals surface area contributed by atoms with Gasteiger partial charge >= 0.3 is 5.97 Å². The van der Waals surface area contributed by atoms with E-state index in [1.165, 1.54) is 0 Å². The predicted octanol–water partition coefficient (Wildman–Crippen LogP) is 4.42.